The smallest absolute Gasteiger partial charge is 0.266 e. The van der Waals surface area contributed by atoms with Crippen LogP contribution in [0.2, 0.25) is 0 Å². The predicted octanol–water partition coefficient (Wildman–Crippen LogP) is 3.26. The molecular formula is C15H18N2O2S3. The third-order valence-electron chi connectivity index (χ3n) is 3.11. The average molecular weight is 355 g/mol. The van der Waals surface area contributed by atoms with Gasteiger partial charge in [-0.25, -0.2) is 0 Å². The molecule has 4 nitrogen and oxygen atoms in total. The Morgan fingerprint density at radius 3 is 3.00 bits per heavy atom. The van der Waals surface area contributed by atoms with Crippen LogP contribution >= 0.6 is 35.3 Å². The Hall–Kier alpha value is -1.18. The zero-order chi connectivity index (χ0) is 15.9. The molecule has 0 unspecified atom stereocenters. The lowest BCUT2D eigenvalue weighted by Crippen LogP contribution is -2.33. The van der Waals surface area contributed by atoms with Crippen molar-refractivity contribution in [1.82, 2.24) is 10.2 Å². The summed E-state index contributed by atoms with van der Waals surface area (Å²) >= 11 is 8.12. The third-order valence-corrected chi connectivity index (χ3v) is 5.30. The number of amides is 2. The fraction of sp³-hybridized carbons (Fsp3) is 0.400. The molecule has 118 valence electrons. The summed E-state index contributed by atoms with van der Waals surface area (Å²) in [6, 6.07) is 3.90. The highest BCUT2D eigenvalue weighted by Crippen LogP contribution is 2.33. The summed E-state index contributed by atoms with van der Waals surface area (Å²) in [5.74, 6) is -0.144. The highest BCUT2D eigenvalue weighted by molar-refractivity contribution is 8.26. The lowest BCUT2D eigenvalue weighted by molar-refractivity contribution is -0.123. The summed E-state index contributed by atoms with van der Waals surface area (Å²) in [4.78, 5) is 27.2. The summed E-state index contributed by atoms with van der Waals surface area (Å²) < 4.78 is 0.522. The first-order valence-electron chi connectivity index (χ1n) is 7.17. The number of carbonyl (C=O) groups is 2. The van der Waals surface area contributed by atoms with Gasteiger partial charge in [-0.05, 0) is 23.9 Å². The standard InChI is InChI=1S/C15H18N2O2S3/c1-2-3-7-16-13(18)6-8-17-14(19)12(22-15(17)20)10-11-5-4-9-21-11/h4-5,9-10H,2-3,6-8H2,1H3,(H,16,18)/b12-10+. The summed E-state index contributed by atoms with van der Waals surface area (Å²) in [6.45, 7) is 3.10. The Bertz CT molecular complexity index is 582. The molecule has 0 aromatic carbocycles. The zero-order valence-corrected chi connectivity index (χ0v) is 14.8. The van der Waals surface area contributed by atoms with Crippen LogP contribution in [-0.4, -0.2) is 34.1 Å². The van der Waals surface area contributed by atoms with E-state index in [2.05, 4.69) is 12.2 Å². The fourth-order valence-corrected chi connectivity index (χ4v) is 3.93. The van der Waals surface area contributed by atoms with Gasteiger partial charge in [0.05, 0.1) is 4.91 Å². The quantitative estimate of drug-likeness (QED) is 0.464. The van der Waals surface area contributed by atoms with E-state index >= 15 is 0 Å². The van der Waals surface area contributed by atoms with E-state index in [0.717, 1.165) is 17.7 Å². The van der Waals surface area contributed by atoms with Crippen LogP contribution in [0.1, 0.15) is 31.1 Å². The third kappa shape index (κ3) is 4.66. The number of nitrogens with zero attached hydrogens (tertiary/aromatic N) is 1. The van der Waals surface area contributed by atoms with Crippen molar-refractivity contribution in [2.75, 3.05) is 13.1 Å². The van der Waals surface area contributed by atoms with Crippen molar-refractivity contribution >= 4 is 57.5 Å². The molecule has 1 aliphatic rings. The molecule has 22 heavy (non-hydrogen) atoms. The fourth-order valence-electron chi connectivity index (χ4n) is 1.90. The van der Waals surface area contributed by atoms with Gasteiger partial charge in [0.2, 0.25) is 5.91 Å². The molecule has 1 aromatic heterocycles. The molecule has 0 aliphatic carbocycles. The largest absolute Gasteiger partial charge is 0.356 e. The zero-order valence-electron chi connectivity index (χ0n) is 12.3. The first-order chi connectivity index (χ1) is 10.6. The van der Waals surface area contributed by atoms with E-state index in [1.807, 2.05) is 23.6 Å². The van der Waals surface area contributed by atoms with Gasteiger partial charge in [0.25, 0.3) is 5.91 Å². The van der Waals surface area contributed by atoms with Gasteiger partial charge in [0.15, 0.2) is 0 Å². The Kier molecular flexibility index (Phi) is 6.60. The second kappa shape index (κ2) is 8.45. The number of thiophene rings is 1. The molecule has 2 heterocycles. The van der Waals surface area contributed by atoms with Crippen LogP contribution in [0.15, 0.2) is 22.4 Å². The van der Waals surface area contributed by atoms with Crippen molar-refractivity contribution < 1.29 is 9.59 Å². The highest BCUT2D eigenvalue weighted by atomic mass is 32.2. The van der Waals surface area contributed by atoms with Crippen LogP contribution in [0.5, 0.6) is 0 Å². The monoisotopic (exact) mass is 354 g/mol. The van der Waals surface area contributed by atoms with Crippen LogP contribution < -0.4 is 5.32 Å². The van der Waals surface area contributed by atoms with Crippen molar-refractivity contribution in [3.05, 3.63) is 27.3 Å². The molecule has 0 spiro atoms. The van der Waals surface area contributed by atoms with Gasteiger partial charge in [-0.15, -0.1) is 11.3 Å². The first-order valence-corrected chi connectivity index (χ1v) is 9.28. The van der Waals surface area contributed by atoms with Crippen LogP contribution in [0, 0.1) is 0 Å². The average Bonchev–Trinajstić information content (AvgIpc) is 3.08. The van der Waals surface area contributed by atoms with Gasteiger partial charge in [0, 0.05) is 24.4 Å². The van der Waals surface area contributed by atoms with E-state index in [1.165, 1.54) is 16.7 Å². The number of rotatable bonds is 7. The second-order valence-electron chi connectivity index (χ2n) is 4.80. The van der Waals surface area contributed by atoms with E-state index in [9.17, 15) is 9.59 Å². The molecule has 1 N–H and O–H groups in total. The molecule has 2 amide bonds. The Morgan fingerprint density at radius 1 is 1.50 bits per heavy atom. The molecular weight excluding hydrogens is 336 g/mol. The van der Waals surface area contributed by atoms with E-state index in [-0.39, 0.29) is 18.2 Å². The molecule has 0 atom stereocenters. The maximum Gasteiger partial charge on any atom is 0.266 e. The topological polar surface area (TPSA) is 49.4 Å². The van der Waals surface area contributed by atoms with Crippen molar-refractivity contribution in [1.29, 1.82) is 0 Å². The lowest BCUT2D eigenvalue weighted by Gasteiger charge is -2.14. The molecule has 0 radical (unpaired) electrons. The molecule has 1 saturated heterocycles. The Balaban J connectivity index is 1.88. The minimum atomic E-state index is -0.107. The van der Waals surface area contributed by atoms with Crippen LogP contribution in [0.25, 0.3) is 6.08 Å². The van der Waals surface area contributed by atoms with Gasteiger partial charge in [-0.3, -0.25) is 14.5 Å². The summed E-state index contributed by atoms with van der Waals surface area (Å²) in [6.07, 6.45) is 4.15. The first kappa shape index (κ1) is 17.2. The summed E-state index contributed by atoms with van der Waals surface area (Å²) in [5, 5.41) is 4.81. The second-order valence-corrected chi connectivity index (χ2v) is 7.46. The van der Waals surface area contributed by atoms with E-state index < -0.39 is 0 Å². The predicted molar refractivity (Wildman–Crippen MR) is 96.7 cm³/mol. The number of carbonyl (C=O) groups excluding carboxylic acids is 2. The van der Waals surface area contributed by atoms with E-state index in [1.54, 1.807) is 11.3 Å². The molecule has 1 fully saturated rings. The molecule has 0 saturated carbocycles. The minimum Gasteiger partial charge on any atom is -0.356 e. The molecule has 2 rings (SSSR count). The van der Waals surface area contributed by atoms with Crippen LogP contribution in [-0.2, 0) is 9.59 Å². The molecule has 0 bridgehead atoms. The van der Waals surface area contributed by atoms with Gasteiger partial charge in [-0.1, -0.05) is 43.4 Å². The number of thiocarbonyl (C=S) groups is 1. The highest BCUT2D eigenvalue weighted by Gasteiger charge is 2.32. The van der Waals surface area contributed by atoms with E-state index in [4.69, 9.17) is 12.2 Å². The van der Waals surface area contributed by atoms with Gasteiger partial charge >= 0.3 is 0 Å². The van der Waals surface area contributed by atoms with Gasteiger partial charge < -0.3 is 5.32 Å². The number of thioether (sulfide) groups is 1. The maximum absolute atomic E-state index is 12.3. The van der Waals surface area contributed by atoms with Crippen molar-refractivity contribution in [2.45, 2.75) is 26.2 Å². The molecule has 1 aromatic rings. The minimum absolute atomic E-state index is 0.0373. The van der Waals surface area contributed by atoms with Crippen molar-refractivity contribution in [2.24, 2.45) is 0 Å². The molecule has 7 heteroatoms. The number of nitrogens with one attached hydrogen (secondary N) is 1. The van der Waals surface area contributed by atoms with Crippen LogP contribution in [0.3, 0.4) is 0 Å². The normalized spacial score (nSPS) is 16.6. The summed E-state index contributed by atoms with van der Waals surface area (Å²) in [5.41, 5.74) is 0. The van der Waals surface area contributed by atoms with Gasteiger partial charge in [-0.2, -0.15) is 0 Å². The van der Waals surface area contributed by atoms with Crippen molar-refractivity contribution in [3.63, 3.8) is 0 Å². The number of unbranched alkanes of at least 4 members (excludes halogenated alkanes) is 1. The SMILES string of the molecule is CCCCNC(=O)CCN1C(=O)/C(=C\c2cccs2)SC1=S. The number of hydrogen-bond donors (Lipinski definition) is 1. The lowest BCUT2D eigenvalue weighted by atomic mass is 10.3. The Labute approximate surface area is 144 Å². The summed E-state index contributed by atoms with van der Waals surface area (Å²) in [7, 11) is 0. The van der Waals surface area contributed by atoms with Crippen LogP contribution in [0.4, 0.5) is 0 Å². The number of hydrogen-bond acceptors (Lipinski definition) is 5. The Morgan fingerprint density at radius 2 is 2.32 bits per heavy atom. The van der Waals surface area contributed by atoms with E-state index in [0.29, 0.717) is 22.3 Å². The maximum atomic E-state index is 12.3. The molecule has 1 aliphatic heterocycles. The van der Waals surface area contributed by atoms with Gasteiger partial charge in [0.1, 0.15) is 4.32 Å². The van der Waals surface area contributed by atoms with Crippen molar-refractivity contribution in [3.8, 4) is 0 Å².